The van der Waals surface area contributed by atoms with Crippen LogP contribution < -0.4 is 10.6 Å². The number of carbonyl (C=O) groups is 2. The molecule has 2 aromatic rings. The largest absolute Gasteiger partial charge is 0.345 e. The molecule has 0 saturated heterocycles. The van der Waals surface area contributed by atoms with Crippen molar-refractivity contribution in [3.8, 4) is 6.07 Å². The summed E-state index contributed by atoms with van der Waals surface area (Å²) in [6.07, 6.45) is 2.63. The molecule has 0 fully saturated rings. The Morgan fingerprint density at radius 3 is 2.68 bits per heavy atom. The first kappa shape index (κ1) is 19.2. The van der Waals surface area contributed by atoms with E-state index in [2.05, 4.69) is 20.6 Å². The van der Waals surface area contributed by atoms with Crippen LogP contribution in [0, 0.1) is 18.3 Å². The molecule has 0 radical (unpaired) electrons. The van der Waals surface area contributed by atoms with E-state index < -0.39 is 34.5 Å². The highest BCUT2D eigenvalue weighted by Gasteiger charge is 2.39. The Balaban J connectivity index is 1.77. The van der Waals surface area contributed by atoms with E-state index in [1.165, 1.54) is 18.5 Å². The first-order valence-corrected chi connectivity index (χ1v) is 9.63. The number of benzene rings is 1. The number of nitrogens with zero attached hydrogens (tertiary/aromatic N) is 4. The fourth-order valence-corrected chi connectivity index (χ4v) is 4.39. The molecule has 1 aromatic heterocycles. The summed E-state index contributed by atoms with van der Waals surface area (Å²) in [5, 5.41) is 13.8. The molecule has 3 amide bonds. The molecular formula is C17H16N6O4S. The van der Waals surface area contributed by atoms with Crippen molar-refractivity contribution in [2.24, 2.45) is 0 Å². The van der Waals surface area contributed by atoms with E-state index in [1.54, 1.807) is 26.0 Å². The van der Waals surface area contributed by atoms with E-state index in [1.807, 2.05) is 6.07 Å². The Kier molecular flexibility index (Phi) is 4.98. The van der Waals surface area contributed by atoms with Gasteiger partial charge in [0.05, 0.1) is 17.3 Å². The highest BCUT2D eigenvalue weighted by Crippen LogP contribution is 2.32. The van der Waals surface area contributed by atoms with Gasteiger partial charge in [-0.05, 0) is 25.5 Å². The third kappa shape index (κ3) is 3.49. The van der Waals surface area contributed by atoms with E-state index in [9.17, 15) is 18.0 Å². The van der Waals surface area contributed by atoms with Crippen LogP contribution in [0.5, 0.6) is 0 Å². The molecule has 1 atom stereocenters. The van der Waals surface area contributed by atoms with E-state index in [0.29, 0.717) is 9.87 Å². The zero-order valence-corrected chi connectivity index (χ0v) is 15.8. The molecule has 0 saturated carbocycles. The average molecular weight is 400 g/mol. The number of anilines is 1. The van der Waals surface area contributed by atoms with Gasteiger partial charge < -0.3 is 10.6 Å². The minimum Gasteiger partial charge on any atom is -0.345 e. The zero-order chi connectivity index (χ0) is 20.5. The SMILES string of the molecule is Cc1cccc2c1S(=O)(=O)N(CC(=O)N[C@@H](C)c1ncc(C#N)cn1)C(=O)N2. The predicted octanol–water partition coefficient (Wildman–Crippen LogP) is 1.07. The molecule has 0 spiro atoms. The molecule has 0 unspecified atom stereocenters. The summed E-state index contributed by atoms with van der Waals surface area (Å²) in [5.41, 5.74) is 0.913. The molecule has 0 bridgehead atoms. The normalized spacial score (nSPS) is 15.8. The fraction of sp³-hybridized carbons (Fsp3) is 0.235. The van der Waals surface area contributed by atoms with Crippen molar-refractivity contribution in [3.05, 3.63) is 47.5 Å². The zero-order valence-electron chi connectivity index (χ0n) is 15.0. The van der Waals surface area contributed by atoms with Gasteiger partial charge in [-0.3, -0.25) is 4.79 Å². The summed E-state index contributed by atoms with van der Waals surface area (Å²) in [6.45, 7) is 2.52. The Hall–Kier alpha value is -3.52. The van der Waals surface area contributed by atoms with Crippen LogP contribution in [-0.2, 0) is 14.8 Å². The highest BCUT2D eigenvalue weighted by atomic mass is 32.2. The molecule has 1 aliphatic heterocycles. The van der Waals surface area contributed by atoms with Gasteiger partial charge in [-0.1, -0.05) is 12.1 Å². The van der Waals surface area contributed by atoms with Gasteiger partial charge in [0, 0.05) is 12.4 Å². The van der Waals surface area contributed by atoms with Crippen molar-refractivity contribution < 1.29 is 18.0 Å². The lowest BCUT2D eigenvalue weighted by Crippen LogP contribution is -2.49. The van der Waals surface area contributed by atoms with Crippen molar-refractivity contribution in [1.82, 2.24) is 19.6 Å². The maximum atomic E-state index is 12.8. The number of amides is 3. The number of aryl methyl sites for hydroxylation is 1. The summed E-state index contributed by atoms with van der Waals surface area (Å²) in [4.78, 5) is 32.5. The molecule has 2 N–H and O–H groups in total. The van der Waals surface area contributed by atoms with Crippen molar-refractivity contribution in [2.45, 2.75) is 24.8 Å². The maximum absolute atomic E-state index is 12.8. The Bertz CT molecular complexity index is 1090. The Labute approximate surface area is 161 Å². The molecule has 11 heteroatoms. The van der Waals surface area contributed by atoms with Crippen molar-refractivity contribution in [3.63, 3.8) is 0 Å². The van der Waals surface area contributed by atoms with Crippen molar-refractivity contribution in [2.75, 3.05) is 11.9 Å². The van der Waals surface area contributed by atoms with E-state index in [-0.39, 0.29) is 22.0 Å². The number of nitrogens with one attached hydrogen (secondary N) is 2. The maximum Gasteiger partial charge on any atom is 0.336 e. The number of fused-ring (bicyclic) bond motifs is 1. The number of aromatic nitrogens is 2. The van der Waals surface area contributed by atoms with Crippen LogP contribution in [0.2, 0.25) is 0 Å². The van der Waals surface area contributed by atoms with Crippen molar-refractivity contribution >= 4 is 27.6 Å². The van der Waals surface area contributed by atoms with Gasteiger partial charge in [-0.2, -0.15) is 5.26 Å². The topological polar surface area (TPSA) is 145 Å². The van der Waals surface area contributed by atoms with Gasteiger partial charge >= 0.3 is 6.03 Å². The quantitative estimate of drug-likeness (QED) is 0.780. The minimum absolute atomic E-state index is 0.0362. The summed E-state index contributed by atoms with van der Waals surface area (Å²) in [7, 11) is -4.17. The second-order valence-corrected chi connectivity index (χ2v) is 7.92. The molecule has 3 rings (SSSR count). The molecule has 28 heavy (non-hydrogen) atoms. The first-order valence-electron chi connectivity index (χ1n) is 8.18. The molecule has 144 valence electrons. The minimum atomic E-state index is -4.17. The Morgan fingerprint density at radius 2 is 2.04 bits per heavy atom. The number of hydrogen-bond acceptors (Lipinski definition) is 7. The highest BCUT2D eigenvalue weighted by molar-refractivity contribution is 7.90. The number of hydrogen-bond donors (Lipinski definition) is 2. The standard InChI is InChI=1S/C17H16N6O4S/c1-10-4-3-5-13-15(10)28(26,27)23(17(25)22-13)9-14(24)21-11(2)16-19-7-12(6-18)8-20-16/h3-5,7-8,11H,9H2,1-2H3,(H,21,24)(H,22,25)/t11-/m0/s1. The van der Waals surface area contributed by atoms with Crippen molar-refractivity contribution in [1.29, 1.82) is 5.26 Å². The summed E-state index contributed by atoms with van der Waals surface area (Å²) < 4.78 is 26.1. The van der Waals surface area contributed by atoms with Gasteiger partial charge in [0.25, 0.3) is 10.0 Å². The second kappa shape index (κ2) is 7.24. The molecule has 0 aliphatic carbocycles. The average Bonchev–Trinajstić information content (AvgIpc) is 2.64. The van der Waals surface area contributed by atoms with Gasteiger partial charge in [-0.15, -0.1) is 0 Å². The summed E-state index contributed by atoms with van der Waals surface area (Å²) in [6, 6.07) is 5.05. The third-order valence-electron chi connectivity index (χ3n) is 4.08. The van der Waals surface area contributed by atoms with Crippen LogP contribution in [0.3, 0.4) is 0 Å². The number of urea groups is 1. The second-order valence-electron chi connectivity index (χ2n) is 6.12. The van der Waals surface area contributed by atoms with Gasteiger partial charge in [-0.25, -0.2) is 27.5 Å². The van der Waals surface area contributed by atoms with E-state index in [4.69, 9.17) is 5.26 Å². The number of nitriles is 1. The first-order chi connectivity index (χ1) is 13.2. The van der Waals surface area contributed by atoms with E-state index >= 15 is 0 Å². The van der Waals surface area contributed by atoms with Crippen LogP contribution >= 0.6 is 0 Å². The van der Waals surface area contributed by atoms with Crippen LogP contribution in [-0.4, -0.2) is 41.2 Å². The summed E-state index contributed by atoms with van der Waals surface area (Å²) in [5.74, 6) is -0.448. The predicted molar refractivity (Wildman–Crippen MR) is 97.4 cm³/mol. The third-order valence-corrected chi connectivity index (χ3v) is 6.01. The van der Waals surface area contributed by atoms with Gasteiger partial charge in [0.15, 0.2) is 0 Å². The number of carbonyl (C=O) groups excluding carboxylic acids is 2. The Morgan fingerprint density at radius 1 is 1.36 bits per heavy atom. The van der Waals surface area contributed by atoms with Gasteiger partial charge in [0.2, 0.25) is 5.91 Å². The molecule has 10 nitrogen and oxygen atoms in total. The van der Waals surface area contributed by atoms with Gasteiger partial charge in [0.1, 0.15) is 23.3 Å². The number of sulfonamides is 1. The smallest absolute Gasteiger partial charge is 0.336 e. The molecule has 1 aliphatic rings. The van der Waals surface area contributed by atoms with Crippen LogP contribution in [0.4, 0.5) is 10.5 Å². The fourth-order valence-electron chi connectivity index (χ4n) is 2.75. The molecular weight excluding hydrogens is 384 g/mol. The van der Waals surface area contributed by atoms with Crippen LogP contribution in [0.15, 0.2) is 35.5 Å². The monoisotopic (exact) mass is 400 g/mol. The van der Waals surface area contributed by atoms with Crippen LogP contribution in [0.1, 0.15) is 29.9 Å². The lowest BCUT2D eigenvalue weighted by atomic mass is 10.2. The van der Waals surface area contributed by atoms with Crippen LogP contribution in [0.25, 0.3) is 0 Å². The molecule has 1 aromatic carbocycles. The van der Waals surface area contributed by atoms with E-state index in [0.717, 1.165) is 0 Å². The lowest BCUT2D eigenvalue weighted by Gasteiger charge is -2.29. The molecule has 2 heterocycles. The lowest BCUT2D eigenvalue weighted by molar-refractivity contribution is -0.121. The summed E-state index contributed by atoms with van der Waals surface area (Å²) >= 11 is 0. The number of rotatable bonds is 4.